The highest BCUT2D eigenvalue weighted by molar-refractivity contribution is 5.96. The number of hydrogen-bond acceptors (Lipinski definition) is 3. The summed E-state index contributed by atoms with van der Waals surface area (Å²) in [6, 6.07) is 6.18. The molecule has 1 amide bonds. The summed E-state index contributed by atoms with van der Waals surface area (Å²) in [5.41, 5.74) is 0.879. The number of carbonyl (C=O) groups excluding carboxylic acids is 2. The van der Waals surface area contributed by atoms with Crippen LogP contribution in [0.5, 0.6) is 5.75 Å². The number of hydrogen-bond donors (Lipinski definition) is 1. The van der Waals surface area contributed by atoms with Crippen molar-refractivity contribution in [2.24, 2.45) is 0 Å². The summed E-state index contributed by atoms with van der Waals surface area (Å²) in [4.78, 5) is 21.9. The second-order valence-corrected chi connectivity index (χ2v) is 4.00. The van der Waals surface area contributed by atoms with Gasteiger partial charge in [-0.05, 0) is 31.0 Å². The Bertz CT molecular complexity index is 432. The molecule has 1 aromatic rings. The average Bonchev–Trinajstić information content (AvgIpc) is 2.29. The number of carbonyl (C=O) groups is 2. The SMILES string of the molecule is CC(=O)CC(=O)NCCc1ccc(OC(F)F)cc1. The molecule has 0 spiro atoms. The summed E-state index contributed by atoms with van der Waals surface area (Å²) in [6.07, 6.45) is 0.430. The van der Waals surface area contributed by atoms with Crippen molar-refractivity contribution >= 4 is 11.7 Å². The Morgan fingerprint density at radius 1 is 1.26 bits per heavy atom. The summed E-state index contributed by atoms with van der Waals surface area (Å²) in [6.45, 7) is -1.10. The van der Waals surface area contributed by atoms with Gasteiger partial charge in [0.1, 0.15) is 11.5 Å². The smallest absolute Gasteiger partial charge is 0.387 e. The summed E-state index contributed by atoms with van der Waals surface area (Å²) in [5, 5.41) is 2.60. The van der Waals surface area contributed by atoms with Crippen molar-refractivity contribution < 1.29 is 23.1 Å². The molecule has 19 heavy (non-hydrogen) atoms. The van der Waals surface area contributed by atoms with Gasteiger partial charge in [-0.15, -0.1) is 0 Å². The predicted molar refractivity (Wildman–Crippen MR) is 65.1 cm³/mol. The molecule has 0 radical (unpaired) electrons. The predicted octanol–water partition coefficient (Wildman–Crippen LogP) is 1.93. The molecule has 0 saturated carbocycles. The number of nitrogens with one attached hydrogen (secondary N) is 1. The highest BCUT2D eigenvalue weighted by Gasteiger charge is 2.05. The molecule has 4 nitrogen and oxygen atoms in total. The maximum atomic E-state index is 11.9. The van der Waals surface area contributed by atoms with E-state index in [-0.39, 0.29) is 23.9 Å². The molecule has 1 N–H and O–H groups in total. The van der Waals surface area contributed by atoms with Gasteiger partial charge in [-0.25, -0.2) is 0 Å². The Labute approximate surface area is 109 Å². The van der Waals surface area contributed by atoms with E-state index < -0.39 is 6.61 Å². The van der Waals surface area contributed by atoms with Gasteiger partial charge >= 0.3 is 6.61 Å². The lowest BCUT2D eigenvalue weighted by molar-refractivity contribution is -0.127. The summed E-state index contributed by atoms with van der Waals surface area (Å²) in [5.74, 6) is -0.407. The Morgan fingerprint density at radius 3 is 2.42 bits per heavy atom. The van der Waals surface area contributed by atoms with Gasteiger partial charge in [0.05, 0.1) is 6.42 Å². The number of ketones is 1. The molecule has 1 rings (SSSR count). The van der Waals surface area contributed by atoms with Gasteiger partial charge < -0.3 is 10.1 Å². The molecule has 0 aliphatic rings. The molecule has 0 saturated heterocycles. The van der Waals surface area contributed by atoms with Crippen LogP contribution in [0, 0.1) is 0 Å². The molecule has 0 aliphatic heterocycles. The fourth-order valence-electron chi connectivity index (χ4n) is 1.47. The van der Waals surface area contributed by atoms with Crippen LogP contribution in [-0.4, -0.2) is 24.8 Å². The maximum absolute atomic E-state index is 11.9. The minimum absolute atomic E-state index is 0.0966. The normalized spacial score (nSPS) is 10.3. The lowest BCUT2D eigenvalue weighted by Gasteiger charge is -2.06. The van der Waals surface area contributed by atoms with Crippen molar-refractivity contribution in [2.75, 3.05) is 6.54 Å². The molecule has 0 aliphatic carbocycles. The Kier molecular flexibility index (Phi) is 5.92. The van der Waals surface area contributed by atoms with Gasteiger partial charge in [-0.1, -0.05) is 12.1 Å². The monoisotopic (exact) mass is 271 g/mol. The first kappa shape index (κ1) is 15.1. The van der Waals surface area contributed by atoms with Crippen LogP contribution in [0.4, 0.5) is 8.78 Å². The molecule has 0 atom stereocenters. The van der Waals surface area contributed by atoms with Crippen molar-refractivity contribution in [3.8, 4) is 5.75 Å². The van der Waals surface area contributed by atoms with Gasteiger partial charge in [-0.2, -0.15) is 8.78 Å². The molecular weight excluding hydrogens is 256 g/mol. The van der Waals surface area contributed by atoms with E-state index in [9.17, 15) is 18.4 Å². The second-order valence-electron chi connectivity index (χ2n) is 4.00. The molecular formula is C13H15F2NO3. The number of Topliss-reactive ketones (excluding diaryl/α,β-unsaturated/α-hetero) is 1. The van der Waals surface area contributed by atoms with Crippen molar-refractivity contribution in [3.05, 3.63) is 29.8 Å². The third kappa shape index (κ3) is 6.49. The first-order chi connectivity index (χ1) is 8.97. The first-order valence-corrected chi connectivity index (χ1v) is 5.77. The minimum Gasteiger partial charge on any atom is -0.435 e. The minimum atomic E-state index is -2.84. The molecule has 0 aromatic heterocycles. The quantitative estimate of drug-likeness (QED) is 0.771. The van der Waals surface area contributed by atoms with Crippen LogP contribution in [0.15, 0.2) is 24.3 Å². The van der Waals surface area contributed by atoms with E-state index in [1.807, 2.05) is 0 Å². The topological polar surface area (TPSA) is 55.4 Å². The standard InChI is InChI=1S/C13H15F2NO3/c1-9(17)8-12(18)16-7-6-10-2-4-11(5-3-10)19-13(14)15/h2-5,13H,6-8H2,1H3,(H,16,18). The van der Waals surface area contributed by atoms with Crippen LogP contribution in [0.1, 0.15) is 18.9 Å². The van der Waals surface area contributed by atoms with Crippen LogP contribution >= 0.6 is 0 Å². The number of rotatable bonds is 7. The van der Waals surface area contributed by atoms with E-state index in [1.54, 1.807) is 12.1 Å². The van der Waals surface area contributed by atoms with Crippen LogP contribution < -0.4 is 10.1 Å². The van der Waals surface area contributed by atoms with Crippen LogP contribution in [0.3, 0.4) is 0 Å². The molecule has 6 heteroatoms. The zero-order valence-corrected chi connectivity index (χ0v) is 10.5. The van der Waals surface area contributed by atoms with Crippen molar-refractivity contribution in [1.82, 2.24) is 5.32 Å². The van der Waals surface area contributed by atoms with Crippen molar-refractivity contribution in [3.63, 3.8) is 0 Å². The first-order valence-electron chi connectivity index (χ1n) is 5.77. The van der Waals surface area contributed by atoms with E-state index in [0.717, 1.165) is 5.56 Å². The fourth-order valence-corrected chi connectivity index (χ4v) is 1.47. The molecule has 0 fully saturated rings. The summed E-state index contributed by atoms with van der Waals surface area (Å²) < 4.78 is 28.1. The lowest BCUT2D eigenvalue weighted by Crippen LogP contribution is -2.27. The largest absolute Gasteiger partial charge is 0.435 e. The van der Waals surface area contributed by atoms with Gasteiger partial charge in [0.15, 0.2) is 0 Å². The third-order valence-electron chi connectivity index (χ3n) is 2.29. The maximum Gasteiger partial charge on any atom is 0.387 e. The molecule has 104 valence electrons. The summed E-state index contributed by atoms with van der Waals surface area (Å²) >= 11 is 0. The molecule has 0 unspecified atom stereocenters. The summed E-state index contributed by atoms with van der Waals surface area (Å²) in [7, 11) is 0. The van der Waals surface area contributed by atoms with Crippen LogP contribution in [-0.2, 0) is 16.0 Å². The molecule has 0 heterocycles. The Hall–Kier alpha value is -1.98. The highest BCUT2D eigenvalue weighted by Crippen LogP contribution is 2.14. The van der Waals surface area contributed by atoms with E-state index in [2.05, 4.69) is 10.1 Å². The molecule has 0 bridgehead atoms. The van der Waals surface area contributed by atoms with Gasteiger partial charge in [0, 0.05) is 6.54 Å². The number of alkyl halides is 2. The fraction of sp³-hybridized carbons (Fsp3) is 0.385. The Balaban J connectivity index is 2.34. The van der Waals surface area contributed by atoms with Gasteiger partial charge in [0.25, 0.3) is 0 Å². The van der Waals surface area contributed by atoms with E-state index in [4.69, 9.17) is 0 Å². The zero-order valence-electron chi connectivity index (χ0n) is 10.5. The number of benzene rings is 1. The highest BCUT2D eigenvalue weighted by atomic mass is 19.3. The van der Waals surface area contributed by atoms with Gasteiger partial charge in [0.2, 0.25) is 5.91 Å². The number of ether oxygens (including phenoxy) is 1. The third-order valence-corrected chi connectivity index (χ3v) is 2.29. The average molecular weight is 271 g/mol. The van der Waals surface area contributed by atoms with E-state index >= 15 is 0 Å². The van der Waals surface area contributed by atoms with Crippen LogP contribution in [0.2, 0.25) is 0 Å². The number of halogens is 2. The Morgan fingerprint density at radius 2 is 1.89 bits per heavy atom. The van der Waals surface area contributed by atoms with E-state index in [1.165, 1.54) is 19.1 Å². The van der Waals surface area contributed by atoms with Crippen molar-refractivity contribution in [1.29, 1.82) is 0 Å². The molecule has 1 aromatic carbocycles. The number of amides is 1. The van der Waals surface area contributed by atoms with Gasteiger partial charge in [-0.3, -0.25) is 9.59 Å². The zero-order chi connectivity index (χ0) is 14.3. The van der Waals surface area contributed by atoms with Crippen LogP contribution in [0.25, 0.3) is 0 Å². The van der Waals surface area contributed by atoms with Crippen molar-refractivity contribution in [2.45, 2.75) is 26.4 Å². The second kappa shape index (κ2) is 7.45. The van der Waals surface area contributed by atoms with E-state index in [0.29, 0.717) is 13.0 Å². The lowest BCUT2D eigenvalue weighted by atomic mass is 10.1.